The number of nitrogens with one attached hydrogen (secondary N) is 1. The van der Waals surface area contributed by atoms with Crippen molar-refractivity contribution in [2.24, 2.45) is 0 Å². The lowest BCUT2D eigenvalue weighted by atomic mass is 10.2. The first-order valence-electron chi connectivity index (χ1n) is 5.04. The molecule has 0 aliphatic heterocycles. The maximum Gasteiger partial charge on any atom is 0.179 e. The molecule has 0 aliphatic rings. The van der Waals surface area contributed by atoms with Crippen LogP contribution in [0.3, 0.4) is 0 Å². The van der Waals surface area contributed by atoms with Crippen molar-refractivity contribution in [2.45, 2.75) is 26.8 Å². The predicted octanol–water partition coefficient (Wildman–Crippen LogP) is 1.09. The maximum absolute atomic E-state index is 11.5. The van der Waals surface area contributed by atoms with E-state index in [1.807, 2.05) is 13.1 Å². The molecule has 0 atom stereocenters. The Morgan fingerprint density at radius 3 is 3.00 bits per heavy atom. The Kier molecular flexibility index (Phi) is 4.32. The van der Waals surface area contributed by atoms with Crippen LogP contribution in [0.5, 0.6) is 0 Å². The summed E-state index contributed by atoms with van der Waals surface area (Å²) in [7, 11) is 0. The second-order valence-electron chi connectivity index (χ2n) is 3.20. The molecular formula is C10H17N3O. The third-order valence-corrected chi connectivity index (χ3v) is 1.94. The third kappa shape index (κ3) is 2.96. The number of aryl methyl sites for hydroxylation is 1. The summed E-state index contributed by atoms with van der Waals surface area (Å²) in [5, 5.41) is 7.10. The second-order valence-corrected chi connectivity index (χ2v) is 3.20. The van der Waals surface area contributed by atoms with Crippen molar-refractivity contribution in [3.8, 4) is 0 Å². The number of carbonyl (C=O) groups is 1. The molecule has 0 fully saturated rings. The molecule has 14 heavy (non-hydrogen) atoms. The maximum atomic E-state index is 11.5. The van der Waals surface area contributed by atoms with Gasteiger partial charge in [-0.15, -0.1) is 0 Å². The SMILES string of the molecule is CCCn1cc(C(=O)CNCC)cn1. The number of aromatic nitrogens is 2. The van der Waals surface area contributed by atoms with Crippen LogP contribution in [0.1, 0.15) is 30.6 Å². The first kappa shape index (κ1) is 10.9. The van der Waals surface area contributed by atoms with E-state index < -0.39 is 0 Å². The Bertz CT molecular complexity index is 293. The summed E-state index contributed by atoms with van der Waals surface area (Å²) in [5.74, 6) is 0.106. The van der Waals surface area contributed by atoms with Gasteiger partial charge >= 0.3 is 0 Å². The fourth-order valence-corrected chi connectivity index (χ4v) is 1.20. The number of hydrogen-bond acceptors (Lipinski definition) is 3. The van der Waals surface area contributed by atoms with Crippen molar-refractivity contribution in [1.29, 1.82) is 0 Å². The van der Waals surface area contributed by atoms with Gasteiger partial charge < -0.3 is 5.32 Å². The Hall–Kier alpha value is -1.16. The van der Waals surface area contributed by atoms with Gasteiger partial charge in [-0.05, 0) is 13.0 Å². The second kappa shape index (κ2) is 5.54. The number of likely N-dealkylation sites (N-methyl/N-ethyl adjacent to an activating group) is 1. The van der Waals surface area contributed by atoms with Crippen molar-refractivity contribution >= 4 is 5.78 Å². The fraction of sp³-hybridized carbons (Fsp3) is 0.600. The van der Waals surface area contributed by atoms with E-state index >= 15 is 0 Å². The summed E-state index contributed by atoms with van der Waals surface area (Å²) in [5.41, 5.74) is 0.694. The lowest BCUT2D eigenvalue weighted by molar-refractivity contribution is 0.0991. The van der Waals surface area contributed by atoms with Gasteiger partial charge in [0.25, 0.3) is 0 Å². The van der Waals surface area contributed by atoms with Crippen LogP contribution < -0.4 is 5.32 Å². The first-order valence-corrected chi connectivity index (χ1v) is 5.04. The zero-order valence-electron chi connectivity index (χ0n) is 8.79. The van der Waals surface area contributed by atoms with Crippen molar-refractivity contribution in [2.75, 3.05) is 13.1 Å². The van der Waals surface area contributed by atoms with E-state index in [1.165, 1.54) is 0 Å². The standard InChI is InChI=1S/C10H17N3O/c1-3-5-13-8-9(6-12-13)10(14)7-11-4-2/h6,8,11H,3-5,7H2,1-2H3. The highest BCUT2D eigenvalue weighted by Crippen LogP contribution is 1.99. The summed E-state index contributed by atoms with van der Waals surface area (Å²) in [6.07, 6.45) is 4.47. The molecule has 0 amide bonds. The number of nitrogens with zero attached hydrogens (tertiary/aromatic N) is 2. The van der Waals surface area contributed by atoms with E-state index in [-0.39, 0.29) is 5.78 Å². The molecule has 78 valence electrons. The fourth-order valence-electron chi connectivity index (χ4n) is 1.20. The molecule has 1 rings (SSSR count). The quantitative estimate of drug-likeness (QED) is 0.691. The molecule has 0 spiro atoms. The lowest BCUT2D eigenvalue weighted by Gasteiger charge is -1.97. The third-order valence-electron chi connectivity index (χ3n) is 1.94. The zero-order valence-corrected chi connectivity index (χ0v) is 8.79. The van der Waals surface area contributed by atoms with Crippen LogP contribution in [0.25, 0.3) is 0 Å². The van der Waals surface area contributed by atoms with Gasteiger partial charge in [-0.2, -0.15) is 5.10 Å². The van der Waals surface area contributed by atoms with E-state index in [4.69, 9.17) is 0 Å². The molecule has 1 aromatic heterocycles. The van der Waals surface area contributed by atoms with Crippen LogP contribution >= 0.6 is 0 Å². The average Bonchev–Trinajstić information content (AvgIpc) is 2.63. The van der Waals surface area contributed by atoms with Gasteiger partial charge in [0.1, 0.15) is 0 Å². The number of ketones is 1. The van der Waals surface area contributed by atoms with E-state index in [1.54, 1.807) is 10.9 Å². The van der Waals surface area contributed by atoms with Crippen LogP contribution in [0, 0.1) is 0 Å². The normalized spacial score (nSPS) is 10.4. The van der Waals surface area contributed by atoms with Gasteiger partial charge in [-0.25, -0.2) is 0 Å². The van der Waals surface area contributed by atoms with Gasteiger partial charge in [0.05, 0.1) is 18.3 Å². The van der Waals surface area contributed by atoms with E-state index in [2.05, 4.69) is 17.3 Å². The largest absolute Gasteiger partial charge is 0.310 e. The summed E-state index contributed by atoms with van der Waals surface area (Å²) in [6, 6.07) is 0. The number of hydrogen-bond donors (Lipinski definition) is 1. The summed E-state index contributed by atoms with van der Waals surface area (Å²) < 4.78 is 1.80. The van der Waals surface area contributed by atoms with Crippen LogP contribution in [0.15, 0.2) is 12.4 Å². The molecule has 4 heteroatoms. The van der Waals surface area contributed by atoms with Crippen LogP contribution in [0.2, 0.25) is 0 Å². The predicted molar refractivity (Wildman–Crippen MR) is 55.4 cm³/mol. The van der Waals surface area contributed by atoms with Crippen LogP contribution in [-0.2, 0) is 6.54 Å². The van der Waals surface area contributed by atoms with Gasteiger partial charge in [0.2, 0.25) is 0 Å². The Balaban J connectivity index is 2.53. The highest BCUT2D eigenvalue weighted by Gasteiger charge is 2.06. The van der Waals surface area contributed by atoms with Crippen molar-refractivity contribution in [3.63, 3.8) is 0 Å². The molecule has 0 aromatic carbocycles. The first-order chi connectivity index (χ1) is 6.77. The molecule has 0 radical (unpaired) electrons. The Morgan fingerprint density at radius 1 is 1.57 bits per heavy atom. The molecule has 0 aliphatic carbocycles. The summed E-state index contributed by atoms with van der Waals surface area (Å²) in [6.45, 7) is 6.15. The number of carbonyl (C=O) groups excluding carboxylic acids is 1. The molecule has 4 nitrogen and oxygen atoms in total. The number of rotatable bonds is 6. The summed E-state index contributed by atoms with van der Waals surface area (Å²) in [4.78, 5) is 11.5. The minimum Gasteiger partial charge on any atom is -0.310 e. The van der Waals surface area contributed by atoms with Crippen molar-refractivity contribution < 1.29 is 4.79 Å². The zero-order chi connectivity index (χ0) is 10.4. The molecule has 1 N–H and O–H groups in total. The van der Waals surface area contributed by atoms with Crippen molar-refractivity contribution in [1.82, 2.24) is 15.1 Å². The van der Waals surface area contributed by atoms with Crippen molar-refractivity contribution in [3.05, 3.63) is 18.0 Å². The van der Waals surface area contributed by atoms with E-state index in [0.717, 1.165) is 19.5 Å². The van der Waals surface area contributed by atoms with Gasteiger partial charge in [0, 0.05) is 12.7 Å². The van der Waals surface area contributed by atoms with Gasteiger partial charge in [-0.3, -0.25) is 9.48 Å². The summed E-state index contributed by atoms with van der Waals surface area (Å²) >= 11 is 0. The highest BCUT2D eigenvalue weighted by atomic mass is 16.1. The minimum absolute atomic E-state index is 0.106. The van der Waals surface area contributed by atoms with Gasteiger partial charge in [0.15, 0.2) is 5.78 Å². The molecule has 1 heterocycles. The van der Waals surface area contributed by atoms with Crippen LogP contribution in [-0.4, -0.2) is 28.7 Å². The molecule has 0 saturated carbocycles. The smallest absolute Gasteiger partial charge is 0.179 e. The van der Waals surface area contributed by atoms with E-state index in [9.17, 15) is 4.79 Å². The molecule has 1 aromatic rings. The monoisotopic (exact) mass is 195 g/mol. The molecule has 0 bridgehead atoms. The Labute approximate surface area is 84.3 Å². The topological polar surface area (TPSA) is 46.9 Å². The molecular weight excluding hydrogens is 178 g/mol. The highest BCUT2D eigenvalue weighted by molar-refractivity contribution is 5.97. The molecule has 0 saturated heterocycles. The average molecular weight is 195 g/mol. The molecule has 0 unspecified atom stereocenters. The van der Waals surface area contributed by atoms with Crippen LogP contribution in [0.4, 0.5) is 0 Å². The Morgan fingerprint density at radius 2 is 2.36 bits per heavy atom. The number of Topliss-reactive ketones (excluding diaryl/α,β-unsaturated/α-hetero) is 1. The van der Waals surface area contributed by atoms with E-state index in [0.29, 0.717) is 12.1 Å². The minimum atomic E-state index is 0.106. The van der Waals surface area contributed by atoms with Gasteiger partial charge in [-0.1, -0.05) is 13.8 Å². The lowest BCUT2D eigenvalue weighted by Crippen LogP contribution is -2.22.